The molecule has 0 radical (unpaired) electrons. The van der Waals surface area contributed by atoms with E-state index in [2.05, 4.69) is 10.3 Å². The van der Waals surface area contributed by atoms with Gasteiger partial charge in [0.2, 0.25) is 0 Å². The molecule has 0 saturated carbocycles. The molecule has 0 aliphatic heterocycles. The van der Waals surface area contributed by atoms with Gasteiger partial charge in [-0.3, -0.25) is 14.9 Å². The minimum absolute atomic E-state index is 0.112. The highest BCUT2D eigenvalue weighted by Gasteiger charge is 2.22. The van der Waals surface area contributed by atoms with Crippen molar-refractivity contribution in [2.24, 2.45) is 0 Å². The highest BCUT2D eigenvalue weighted by molar-refractivity contribution is 5.71. The summed E-state index contributed by atoms with van der Waals surface area (Å²) in [6.07, 6.45) is 1.20. The molecule has 2 rings (SSSR count). The number of nitro groups is 1. The minimum atomic E-state index is -0.764. The molecule has 0 aliphatic rings. The molecule has 0 N–H and O–H groups in total. The van der Waals surface area contributed by atoms with E-state index in [4.69, 9.17) is 9.47 Å². The van der Waals surface area contributed by atoms with Crippen molar-refractivity contribution in [3.05, 3.63) is 34.3 Å². The Hall–Kier alpha value is -3.04. The number of benzene rings is 1. The van der Waals surface area contributed by atoms with Crippen molar-refractivity contribution in [3.8, 4) is 17.0 Å². The predicted molar refractivity (Wildman–Crippen MR) is 75.3 cm³/mol. The van der Waals surface area contributed by atoms with Crippen molar-refractivity contribution in [1.82, 2.24) is 15.0 Å². The Morgan fingerprint density at radius 2 is 2.22 bits per heavy atom. The van der Waals surface area contributed by atoms with Gasteiger partial charge in [0, 0.05) is 17.7 Å². The normalized spacial score (nSPS) is 10.4. The van der Waals surface area contributed by atoms with Crippen molar-refractivity contribution < 1.29 is 23.6 Å². The topological polar surface area (TPSA) is 109 Å². The van der Waals surface area contributed by atoms with Gasteiger partial charge in [-0.25, -0.2) is 9.07 Å². The van der Waals surface area contributed by atoms with E-state index in [1.807, 2.05) is 0 Å². The number of aromatic nitrogens is 3. The SMILES string of the molecule is CCOC(=O)Cn1nncc1-c1cc([N+](=O)[O-])c(OC)cc1F. The largest absolute Gasteiger partial charge is 0.490 e. The van der Waals surface area contributed by atoms with Crippen LogP contribution in [0.5, 0.6) is 5.75 Å². The standard InChI is InChI=1S/C13H13FN4O5/c1-3-23-13(19)7-17-11(6-15-16-17)8-4-10(18(20)21)12(22-2)5-9(8)14/h4-6H,3,7H2,1-2H3. The number of rotatable bonds is 6. The molecule has 1 aromatic heterocycles. The van der Waals surface area contributed by atoms with Crippen LogP contribution in [0, 0.1) is 15.9 Å². The second-order valence-corrected chi connectivity index (χ2v) is 4.34. The van der Waals surface area contributed by atoms with Gasteiger partial charge >= 0.3 is 11.7 Å². The van der Waals surface area contributed by atoms with Crippen LogP contribution in [-0.2, 0) is 16.1 Å². The zero-order chi connectivity index (χ0) is 17.0. The summed E-state index contributed by atoms with van der Waals surface area (Å²) in [6, 6.07) is 1.91. The second-order valence-electron chi connectivity index (χ2n) is 4.34. The van der Waals surface area contributed by atoms with Crippen LogP contribution in [0.1, 0.15) is 6.92 Å². The molecular weight excluding hydrogens is 311 g/mol. The molecule has 0 bridgehead atoms. The molecule has 10 heteroatoms. The number of hydrogen-bond acceptors (Lipinski definition) is 7. The van der Waals surface area contributed by atoms with Crippen LogP contribution in [0.2, 0.25) is 0 Å². The summed E-state index contributed by atoms with van der Waals surface area (Å²) in [5.41, 5.74) is -0.416. The van der Waals surface area contributed by atoms with Crippen molar-refractivity contribution in [2.45, 2.75) is 13.5 Å². The van der Waals surface area contributed by atoms with Crippen molar-refractivity contribution in [1.29, 1.82) is 0 Å². The van der Waals surface area contributed by atoms with E-state index in [0.29, 0.717) is 0 Å². The molecular formula is C13H13FN4O5. The van der Waals surface area contributed by atoms with Crippen LogP contribution in [0.25, 0.3) is 11.3 Å². The average Bonchev–Trinajstić information content (AvgIpc) is 2.94. The van der Waals surface area contributed by atoms with Gasteiger partial charge in [0.25, 0.3) is 0 Å². The highest BCUT2D eigenvalue weighted by Crippen LogP contribution is 2.34. The molecule has 0 aliphatic carbocycles. The third-order valence-corrected chi connectivity index (χ3v) is 2.94. The van der Waals surface area contributed by atoms with Gasteiger partial charge in [0.15, 0.2) is 5.75 Å². The maximum absolute atomic E-state index is 14.2. The Morgan fingerprint density at radius 1 is 1.48 bits per heavy atom. The summed E-state index contributed by atoms with van der Waals surface area (Å²) in [5, 5.41) is 18.3. The summed E-state index contributed by atoms with van der Waals surface area (Å²) >= 11 is 0. The second kappa shape index (κ2) is 6.81. The average molecular weight is 324 g/mol. The van der Waals surface area contributed by atoms with Crippen LogP contribution in [0.3, 0.4) is 0 Å². The van der Waals surface area contributed by atoms with E-state index in [1.165, 1.54) is 13.3 Å². The van der Waals surface area contributed by atoms with Gasteiger partial charge in [-0.2, -0.15) is 0 Å². The zero-order valence-electron chi connectivity index (χ0n) is 12.4. The summed E-state index contributed by atoms with van der Waals surface area (Å²) in [6.45, 7) is 1.54. The van der Waals surface area contributed by atoms with Gasteiger partial charge in [-0.1, -0.05) is 5.21 Å². The third kappa shape index (κ3) is 3.42. The lowest BCUT2D eigenvalue weighted by atomic mass is 10.1. The Bertz CT molecular complexity index is 746. The summed E-state index contributed by atoms with van der Waals surface area (Å²) in [5.74, 6) is -1.55. The number of methoxy groups -OCH3 is 1. The fraction of sp³-hybridized carbons (Fsp3) is 0.308. The smallest absolute Gasteiger partial charge is 0.327 e. The Morgan fingerprint density at radius 3 is 2.83 bits per heavy atom. The lowest BCUT2D eigenvalue weighted by Gasteiger charge is -2.08. The van der Waals surface area contributed by atoms with Crippen molar-refractivity contribution >= 4 is 11.7 Å². The lowest BCUT2D eigenvalue weighted by Crippen LogP contribution is -2.15. The van der Waals surface area contributed by atoms with E-state index >= 15 is 0 Å². The number of nitro benzene ring substituents is 1. The van der Waals surface area contributed by atoms with E-state index in [9.17, 15) is 19.3 Å². The number of halogens is 1. The Balaban J connectivity index is 2.47. The van der Waals surface area contributed by atoms with Crippen LogP contribution in [0.15, 0.2) is 18.3 Å². The monoisotopic (exact) mass is 324 g/mol. The van der Waals surface area contributed by atoms with Gasteiger partial charge in [0.1, 0.15) is 12.4 Å². The molecule has 1 aromatic carbocycles. The number of carbonyl (C=O) groups excluding carboxylic acids is 1. The number of nitrogens with zero attached hydrogens (tertiary/aromatic N) is 4. The predicted octanol–water partition coefficient (Wildman–Crippen LogP) is 1.56. The first-order valence-electron chi connectivity index (χ1n) is 6.54. The van der Waals surface area contributed by atoms with Gasteiger partial charge < -0.3 is 9.47 Å². The summed E-state index contributed by atoms with van der Waals surface area (Å²) < 4.78 is 24.9. The van der Waals surface area contributed by atoms with E-state index in [1.54, 1.807) is 6.92 Å². The number of hydrogen-bond donors (Lipinski definition) is 0. The van der Waals surface area contributed by atoms with E-state index < -0.39 is 22.4 Å². The zero-order valence-corrected chi connectivity index (χ0v) is 12.4. The van der Waals surface area contributed by atoms with Crippen LogP contribution in [-0.4, -0.2) is 39.6 Å². The van der Waals surface area contributed by atoms with Crippen LogP contribution >= 0.6 is 0 Å². The molecule has 23 heavy (non-hydrogen) atoms. The van der Waals surface area contributed by atoms with E-state index in [0.717, 1.165) is 16.8 Å². The molecule has 9 nitrogen and oxygen atoms in total. The number of ether oxygens (including phenoxy) is 2. The maximum Gasteiger partial charge on any atom is 0.327 e. The van der Waals surface area contributed by atoms with Crippen molar-refractivity contribution in [3.63, 3.8) is 0 Å². The number of carbonyl (C=O) groups is 1. The fourth-order valence-electron chi connectivity index (χ4n) is 1.96. The van der Waals surface area contributed by atoms with Gasteiger partial charge in [-0.15, -0.1) is 5.10 Å². The molecule has 0 spiro atoms. The molecule has 122 valence electrons. The van der Waals surface area contributed by atoms with E-state index in [-0.39, 0.29) is 30.2 Å². The molecule has 2 aromatic rings. The molecule has 0 unspecified atom stereocenters. The van der Waals surface area contributed by atoms with Crippen LogP contribution < -0.4 is 4.74 Å². The Labute approximate surface area is 129 Å². The van der Waals surface area contributed by atoms with Gasteiger partial charge in [0.05, 0.1) is 30.5 Å². The van der Waals surface area contributed by atoms with Gasteiger partial charge in [-0.05, 0) is 6.92 Å². The molecule has 0 atom stereocenters. The number of esters is 1. The molecule has 0 amide bonds. The highest BCUT2D eigenvalue weighted by atomic mass is 19.1. The first-order valence-corrected chi connectivity index (χ1v) is 6.54. The van der Waals surface area contributed by atoms with Crippen LogP contribution in [0.4, 0.5) is 10.1 Å². The Kier molecular flexibility index (Phi) is 4.84. The summed E-state index contributed by atoms with van der Waals surface area (Å²) in [7, 11) is 1.20. The lowest BCUT2D eigenvalue weighted by molar-refractivity contribution is -0.385. The minimum Gasteiger partial charge on any atom is -0.490 e. The van der Waals surface area contributed by atoms with Crippen molar-refractivity contribution in [2.75, 3.05) is 13.7 Å². The first kappa shape index (κ1) is 16.3. The maximum atomic E-state index is 14.2. The molecule has 0 fully saturated rings. The quantitative estimate of drug-likeness (QED) is 0.450. The molecule has 1 heterocycles. The third-order valence-electron chi connectivity index (χ3n) is 2.94. The summed E-state index contributed by atoms with van der Waals surface area (Å²) in [4.78, 5) is 21.9. The molecule has 0 saturated heterocycles. The fourth-order valence-corrected chi connectivity index (χ4v) is 1.96. The first-order chi connectivity index (χ1) is 11.0.